The number of nitrogens with zero attached hydrogens (tertiary/aromatic N) is 1. The molecule has 1 amide bonds. The Morgan fingerprint density at radius 3 is 2.59 bits per heavy atom. The number of fused-ring (bicyclic) bond motifs is 1. The largest absolute Gasteiger partial charge is 0.288 e. The second-order valence-corrected chi connectivity index (χ2v) is 5.84. The molecule has 0 aliphatic rings. The first-order chi connectivity index (χ1) is 10.6. The van der Waals surface area contributed by atoms with Crippen LogP contribution in [0.3, 0.4) is 0 Å². The fourth-order valence-corrected chi connectivity index (χ4v) is 2.92. The zero-order valence-corrected chi connectivity index (χ0v) is 13.4. The number of aromatic nitrogens is 1. The second-order valence-electron chi connectivity index (χ2n) is 4.93. The van der Waals surface area contributed by atoms with Gasteiger partial charge in [-0.2, -0.15) is 0 Å². The van der Waals surface area contributed by atoms with Gasteiger partial charge in [0.2, 0.25) is 0 Å². The number of amides is 1. The topological polar surface area (TPSA) is 62.2 Å². The summed E-state index contributed by atoms with van der Waals surface area (Å²) in [5.41, 5.74) is 5.24. The van der Waals surface area contributed by atoms with E-state index in [0.29, 0.717) is 16.5 Å². The zero-order valence-electron chi connectivity index (χ0n) is 11.8. The van der Waals surface area contributed by atoms with E-state index in [0.717, 1.165) is 21.3 Å². The number of pyridine rings is 1. The molecular formula is C17H13BrN2O2. The molecule has 3 aromatic rings. The Balaban J connectivity index is 2.39. The van der Waals surface area contributed by atoms with Crippen molar-refractivity contribution in [2.75, 3.05) is 0 Å². The van der Waals surface area contributed by atoms with E-state index in [4.69, 9.17) is 5.21 Å². The van der Waals surface area contributed by atoms with Crippen LogP contribution in [0.15, 0.2) is 53.0 Å². The first-order valence-electron chi connectivity index (χ1n) is 6.71. The molecule has 0 bridgehead atoms. The lowest BCUT2D eigenvalue weighted by atomic mass is 9.97. The van der Waals surface area contributed by atoms with E-state index < -0.39 is 5.91 Å². The van der Waals surface area contributed by atoms with Crippen molar-refractivity contribution in [3.05, 3.63) is 64.1 Å². The lowest BCUT2D eigenvalue weighted by molar-refractivity contribution is 0.0707. The Morgan fingerprint density at radius 1 is 1.18 bits per heavy atom. The van der Waals surface area contributed by atoms with Gasteiger partial charge in [0.15, 0.2) is 0 Å². The molecule has 110 valence electrons. The number of halogens is 1. The summed E-state index contributed by atoms with van der Waals surface area (Å²) in [5, 5.41) is 9.76. The summed E-state index contributed by atoms with van der Waals surface area (Å²) in [6, 6.07) is 15.2. The second kappa shape index (κ2) is 5.87. The monoisotopic (exact) mass is 356 g/mol. The summed E-state index contributed by atoms with van der Waals surface area (Å²) >= 11 is 3.40. The molecule has 0 spiro atoms. The van der Waals surface area contributed by atoms with Gasteiger partial charge in [0.1, 0.15) is 0 Å². The van der Waals surface area contributed by atoms with Gasteiger partial charge >= 0.3 is 0 Å². The number of benzene rings is 2. The summed E-state index contributed by atoms with van der Waals surface area (Å²) in [6.07, 6.45) is 0. The van der Waals surface area contributed by atoms with E-state index in [1.54, 1.807) is 5.48 Å². The van der Waals surface area contributed by atoms with E-state index in [2.05, 4.69) is 20.9 Å². The van der Waals surface area contributed by atoms with Crippen LogP contribution in [0.4, 0.5) is 0 Å². The minimum atomic E-state index is -0.541. The molecular weight excluding hydrogens is 344 g/mol. The number of nitrogens with one attached hydrogen (secondary N) is 1. The molecule has 22 heavy (non-hydrogen) atoms. The van der Waals surface area contributed by atoms with Crippen molar-refractivity contribution in [3.8, 4) is 11.3 Å². The van der Waals surface area contributed by atoms with Crippen molar-refractivity contribution < 1.29 is 10.0 Å². The molecule has 0 aliphatic carbocycles. The van der Waals surface area contributed by atoms with Gasteiger partial charge in [0.05, 0.1) is 16.8 Å². The Labute approximate surface area is 135 Å². The Hall–Kier alpha value is -2.24. The third-order valence-electron chi connectivity index (χ3n) is 3.57. The maximum absolute atomic E-state index is 12.1. The molecule has 2 N–H and O–H groups in total. The molecule has 5 heteroatoms. The van der Waals surface area contributed by atoms with Gasteiger partial charge in [-0.05, 0) is 30.7 Å². The van der Waals surface area contributed by atoms with E-state index in [-0.39, 0.29) is 0 Å². The summed E-state index contributed by atoms with van der Waals surface area (Å²) in [4.78, 5) is 16.8. The smallest absolute Gasteiger partial charge is 0.275 e. The maximum atomic E-state index is 12.1. The van der Waals surface area contributed by atoms with Gasteiger partial charge in [0.25, 0.3) is 5.91 Å². The molecule has 0 atom stereocenters. The number of rotatable bonds is 2. The van der Waals surface area contributed by atoms with Crippen molar-refractivity contribution >= 4 is 32.7 Å². The SMILES string of the molecule is Cc1c(-c2ccccc2)nc2ccc(Br)cc2c1C(=O)NO. The van der Waals surface area contributed by atoms with Gasteiger partial charge in [-0.25, -0.2) is 10.5 Å². The van der Waals surface area contributed by atoms with Gasteiger partial charge in [-0.1, -0.05) is 46.3 Å². The number of carbonyl (C=O) groups excluding carboxylic acids is 1. The van der Waals surface area contributed by atoms with Crippen molar-refractivity contribution in [2.24, 2.45) is 0 Å². The molecule has 4 nitrogen and oxygen atoms in total. The molecule has 0 saturated carbocycles. The van der Waals surface area contributed by atoms with Gasteiger partial charge in [-0.15, -0.1) is 0 Å². The highest BCUT2D eigenvalue weighted by Gasteiger charge is 2.18. The Bertz CT molecular complexity index is 863. The van der Waals surface area contributed by atoms with Crippen molar-refractivity contribution in [1.29, 1.82) is 0 Å². The van der Waals surface area contributed by atoms with Crippen LogP contribution in [0.1, 0.15) is 15.9 Å². The molecule has 0 saturated heterocycles. The molecule has 0 radical (unpaired) electrons. The van der Waals surface area contributed by atoms with Crippen LogP contribution in [-0.2, 0) is 0 Å². The van der Waals surface area contributed by atoms with E-state index >= 15 is 0 Å². The van der Waals surface area contributed by atoms with Crippen molar-refractivity contribution in [2.45, 2.75) is 6.92 Å². The van der Waals surface area contributed by atoms with Crippen LogP contribution in [0.5, 0.6) is 0 Å². The summed E-state index contributed by atoms with van der Waals surface area (Å²) in [6.45, 7) is 1.83. The lowest BCUT2D eigenvalue weighted by Gasteiger charge is -2.13. The Morgan fingerprint density at radius 2 is 1.91 bits per heavy atom. The molecule has 0 unspecified atom stereocenters. The highest BCUT2D eigenvalue weighted by Crippen LogP contribution is 2.31. The van der Waals surface area contributed by atoms with Gasteiger partial charge < -0.3 is 0 Å². The van der Waals surface area contributed by atoms with E-state index in [9.17, 15) is 4.79 Å². The van der Waals surface area contributed by atoms with Crippen LogP contribution in [-0.4, -0.2) is 16.1 Å². The minimum absolute atomic E-state index is 0.424. The Kier molecular flexibility index (Phi) is 3.92. The van der Waals surface area contributed by atoms with Crippen LogP contribution in [0, 0.1) is 6.92 Å². The average Bonchev–Trinajstić information content (AvgIpc) is 2.54. The lowest BCUT2D eigenvalue weighted by Crippen LogP contribution is -2.20. The van der Waals surface area contributed by atoms with Crippen molar-refractivity contribution in [3.63, 3.8) is 0 Å². The van der Waals surface area contributed by atoms with Crippen molar-refractivity contribution in [1.82, 2.24) is 10.5 Å². The normalized spacial score (nSPS) is 10.7. The zero-order chi connectivity index (χ0) is 15.7. The number of hydroxylamine groups is 1. The van der Waals surface area contributed by atoms with Gasteiger partial charge in [0, 0.05) is 15.4 Å². The quantitative estimate of drug-likeness (QED) is 0.536. The van der Waals surface area contributed by atoms with Crippen LogP contribution in [0.25, 0.3) is 22.2 Å². The van der Waals surface area contributed by atoms with Crippen LogP contribution >= 0.6 is 15.9 Å². The van der Waals surface area contributed by atoms with Gasteiger partial charge in [-0.3, -0.25) is 10.0 Å². The maximum Gasteiger partial charge on any atom is 0.275 e. The molecule has 1 aromatic heterocycles. The molecule has 2 aromatic carbocycles. The number of hydrogen-bond acceptors (Lipinski definition) is 3. The molecule has 3 rings (SSSR count). The average molecular weight is 357 g/mol. The number of carbonyl (C=O) groups is 1. The third kappa shape index (κ3) is 2.49. The highest BCUT2D eigenvalue weighted by molar-refractivity contribution is 9.10. The first-order valence-corrected chi connectivity index (χ1v) is 7.51. The summed E-state index contributed by atoms with van der Waals surface area (Å²) in [5.74, 6) is -0.541. The third-order valence-corrected chi connectivity index (χ3v) is 4.06. The fourth-order valence-electron chi connectivity index (χ4n) is 2.56. The highest BCUT2D eigenvalue weighted by atomic mass is 79.9. The number of hydrogen-bond donors (Lipinski definition) is 2. The molecule has 1 heterocycles. The summed E-state index contributed by atoms with van der Waals surface area (Å²) in [7, 11) is 0. The standard InChI is InChI=1S/C17H13BrN2O2/c1-10-15(17(21)20-22)13-9-12(18)7-8-14(13)19-16(10)11-5-3-2-4-6-11/h2-9,22H,1H3,(H,20,21). The fraction of sp³-hybridized carbons (Fsp3) is 0.0588. The van der Waals surface area contributed by atoms with Crippen LogP contribution < -0.4 is 5.48 Å². The molecule has 0 aliphatic heterocycles. The predicted molar refractivity (Wildman–Crippen MR) is 88.9 cm³/mol. The molecule has 0 fully saturated rings. The minimum Gasteiger partial charge on any atom is -0.288 e. The van der Waals surface area contributed by atoms with Crippen LogP contribution in [0.2, 0.25) is 0 Å². The summed E-state index contributed by atoms with van der Waals surface area (Å²) < 4.78 is 0.848. The van der Waals surface area contributed by atoms with E-state index in [1.165, 1.54) is 0 Å². The predicted octanol–water partition coefficient (Wildman–Crippen LogP) is 4.09. The first kappa shape index (κ1) is 14.7. The van der Waals surface area contributed by atoms with E-state index in [1.807, 2.05) is 55.5 Å².